The summed E-state index contributed by atoms with van der Waals surface area (Å²) in [6, 6.07) is -0.821. The Balaban J connectivity index is 3.59. The quantitative estimate of drug-likeness (QED) is 0.0367. The van der Waals surface area contributed by atoms with Gasteiger partial charge in [-0.15, -0.1) is 0 Å². The first-order chi connectivity index (χ1) is 26.6. The number of unbranched alkanes of at least 4 members (excludes halogenated alkanes) is 35. The average Bonchev–Trinajstić information content (AvgIpc) is 3.18. The van der Waals surface area contributed by atoms with E-state index in [1.165, 1.54) is 205 Å². The Bertz CT molecular complexity index is 758. The van der Waals surface area contributed by atoms with E-state index in [1.54, 1.807) is 0 Å². The first-order valence-electron chi connectivity index (χ1n) is 24.5. The molecule has 1 amide bonds. The first kappa shape index (κ1) is 53.1. The molecule has 0 aromatic heterocycles. The lowest BCUT2D eigenvalue weighted by Crippen LogP contribution is -2.50. The van der Waals surface area contributed by atoms with E-state index < -0.39 is 18.2 Å². The third-order valence-electron chi connectivity index (χ3n) is 11.6. The van der Waals surface area contributed by atoms with Gasteiger partial charge in [0.05, 0.1) is 18.8 Å². The van der Waals surface area contributed by atoms with Gasteiger partial charge in [0.2, 0.25) is 5.91 Å². The molecule has 0 saturated heterocycles. The van der Waals surface area contributed by atoms with E-state index in [0.29, 0.717) is 12.8 Å². The zero-order valence-corrected chi connectivity index (χ0v) is 36.6. The number of carbonyl (C=O) groups excluding carboxylic acids is 1. The lowest BCUT2D eigenvalue weighted by molar-refractivity contribution is -0.124. The second kappa shape index (κ2) is 44.8. The van der Waals surface area contributed by atoms with Crippen LogP contribution in [-0.2, 0) is 4.79 Å². The summed E-state index contributed by atoms with van der Waals surface area (Å²) in [5, 5.41) is 33.6. The molecule has 0 radical (unpaired) electrons. The van der Waals surface area contributed by atoms with E-state index in [1.807, 2.05) is 0 Å². The van der Waals surface area contributed by atoms with Gasteiger partial charge < -0.3 is 20.6 Å². The van der Waals surface area contributed by atoms with Crippen molar-refractivity contribution >= 4 is 5.91 Å². The monoisotopic (exact) mass is 764 g/mol. The van der Waals surface area contributed by atoms with Crippen molar-refractivity contribution < 1.29 is 20.1 Å². The van der Waals surface area contributed by atoms with Gasteiger partial charge in [0.1, 0.15) is 6.10 Å². The maximum absolute atomic E-state index is 12.4. The topological polar surface area (TPSA) is 89.8 Å². The summed E-state index contributed by atoms with van der Waals surface area (Å²) in [5.74, 6) is -0.149. The minimum absolute atomic E-state index is 0.149. The summed E-state index contributed by atoms with van der Waals surface area (Å²) in [4.78, 5) is 12.4. The molecule has 0 heterocycles. The van der Waals surface area contributed by atoms with Crippen LogP contribution in [0.5, 0.6) is 0 Å². The van der Waals surface area contributed by atoms with Crippen molar-refractivity contribution in [2.45, 2.75) is 289 Å². The van der Waals surface area contributed by atoms with Gasteiger partial charge in [0.15, 0.2) is 0 Å². The zero-order valence-electron chi connectivity index (χ0n) is 36.6. The van der Waals surface area contributed by atoms with Gasteiger partial charge in [0.25, 0.3) is 0 Å². The predicted molar refractivity (Wildman–Crippen MR) is 236 cm³/mol. The predicted octanol–water partition coefficient (Wildman–Crippen LogP) is 14.4. The molecule has 3 atom stereocenters. The fraction of sp³-hybridized carbons (Fsp3) is 0.939. The molecule has 0 aromatic carbocycles. The molecule has 54 heavy (non-hydrogen) atoms. The van der Waals surface area contributed by atoms with Crippen LogP contribution in [0.3, 0.4) is 0 Å². The number of amides is 1. The highest BCUT2D eigenvalue weighted by molar-refractivity contribution is 5.76. The summed E-state index contributed by atoms with van der Waals surface area (Å²) in [6.45, 7) is 4.20. The van der Waals surface area contributed by atoms with Gasteiger partial charge in [-0.2, -0.15) is 0 Å². The normalized spacial score (nSPS) is 13.5. The summed E-state index contributed by atoms with van der Waals surface area (Å²) < 4.78 is 0. The van der Waals surface area contributed by atoms with E-state index in [2.05, 4.69) is 31.3 Å². The minimum Gasteiger partial charge on any atom is -0.394 e. The highest BCUT2D eigenvalue weighted by atomic mass is 16.3. The first-order valence-corrected chi connectivity index (χ1v) is 24.5. The number of rotatable bonds is 45. The Kier molecular flexibility index (Phi) is 44.0. The number of carbonyl (C=O) groups is 1. The smallest absolute Gasteiger partial charge is 0.220 e. The standard InChI is InChI=1S/C49H97NO4/c1-3-5-7-9-11-13-15-17-19-21-23-24-25-26-27-29-31-33-35-37-39-41-43-47(52)49(54)46(45-51)50-48(53)44-42-40-38-36-34-32-30-28-22-20-18-16-14-12-10-8-6-4-2/h35,37,46-47,49,51-52,54H,3-34,36,38-45H2,1-2H3,(H,50,53)/b37-35+. The molecule has 322 valence electrons. The van der Waals surface area contributed by atoms with Crippen LogP contribution in [0.2, 0.25) is 0 Å². The van der Waals surface area contributed by atoms with Crippen molar-refractivity contribution in [3.63, 3.8) is 0 Å². The largest absolute Gasteiger partial charge is 0.394 e. The molecule has 0 rings (SSSR count). The van der Waals surface area contributed by atoms with Crippen molar-refractivity contribution in [1.82, 2.24) is 5.32 Å². The van der Waals surface area contributed by atoms with Crippen LogP contribution >= 0.6 is 0 Å². The molecule has 5 nitrogen and oxygen atoms in total. The number of hydrogen-bond acceptors (Lipinski definition) is 4. The lowest BCUT2D eigenvalue weighted by Gasteiger charge is -2.26. The molecule has 5 heteroatoms. The molecule has 0 saturated carbocycles. The van der Waals surface area contributed by atoms with Crippen LogP contribution in [0.1, 0.15) is 271 Å². The third-order valence-corrected chi connectivity index (χ3v) is 11.6. The number of aliphatic hydroxyl groups excluding tert-OH is 3. The van der Waals surface area contributed by atoms with Crippen LogP contribution < -0.4 is 5.32 Å². The SMILES string of the molecule is CCCCCCCCCCCCCCCCCCC/C=C/CCCC(O)C(O)C(CO)NC(=O)CCCCCCCCCCCCCCCCCCCC. The number of aliphatic hydroxyl groups is 3. The molecular weight excluding hydrogens is 667 g/mol. The molecule has 0 aromatic rings. The van der Waals surface area contributed by atoms with E-state index in [4.69, 9.17) is 0 Å². The third kappa shape index (κ3) is 39.3. The van der Waals surface area contributed by atoms with Crippen LogP contribution in [0.4, 0.5) is 0 Å². The fourth-order valence-corrected chi connectivity index (χ4v) is 7.81. The second-order valence-electron chi connectivity index (χ2n) is 17.0. The maximum atomic E-state index is 12.4. The molecule has 0 bridgehead atoms. The van der Waals surface area contributed by atoms with Crippen LogP contribution in [0.15, 0.2) is 12.2 Å². The van der Waals surface area contributed by atoms with Gasteiger partial charge >= 0.3 is 0 Å². The maximum Gasteiger partial charge on any atom is 0.220 e. The Morgan fingerprint density at radius 3 is 1.07 bits per heavy atom. The number of allylic oxidation sites excluding steroid dienone is 2. The van der Waals surface area contributed by atoms with E-state index in [-0.39, 0.29) is 12.5 Å². The van der Waals surface area contributed by atoms with E-state index >= 15 is 0 Å². The van der Waals surface area contributed by atoms with Gasteiger partial charge in [0, 0.05) is 6.42 Å². The molecule has 4 N–H and O–H groups in total. The Morgan fingerprint density at radius 2 is 0.741 bits per heavy atom. The Morgan fingerprint density at radius 1 is 0.444 bits per heavy atom. The number of hydrogen-bond donors (Lipinski definition) is 4. The van der Waals surface area contributed by atoms with Gasteiger partial charge in [-0.1, -0.05) is 238 Å². The highest BCUT2D eigenvalue weighted by Crippen LogP contribution is 2.17. The summed E-state index contributed by atoms with van der Waals surface area (Å²) in [7, 11) is 0. The highest BCUT2D eigenvalue weighted by Gasteiger charge is 2.26. The molecule has 3 unspecified atom stereocenters. The van der Waals surface area contributed by atoms with E-state index in [9.17, 15) is 20.1 Å². The molecular formula is C49H97NO4. The van der Waals surface area contributed by atoms with Gasteiger partial charge in [-0.3, -0.25) is 4.79 Å². The summed E-state index contributed by atoms with van der Waals surface area (Å²) in [6.07, 6.45) is 53.4. The Hall–Kier alpha value is -0.910. The van der Waals surface area contributed by atoms with Gasteiger partial charge in [-0.05, 0) is 38.5 Å². The zero-order chi connectivity index (χ0) is 39.4. The molecule has 0 aliphatic carbocycles. The van der Waals surface area contributed by atoms with Crippen molar-refractivity contribution in [3.05, 3.63) is 12.2 Å². The van der Waals surface area contributed by atoms with Crippen LogP contribution in [0.25, 0.3) is 0 Å². The van der Waals surface area contributed by atoms with Crippen molar-refractivity contribution in [2.75, 3.05) is 6.61 Å². The summed E-state index contributed by atoms with van der Waals surface area (Å²) >= 11 is 0. The average molecular weight is 764 g/mol. The van der Waals surface area contributed by atoms with Crippen molar-refractivity contribution in [1.29, 1.82) is 0 Å². The lowest BCUT2D eigenvalue weighted by atomic mass is 10.0. The Labute approximate surface area is 338 Å². The van der Waals surface area contributed by atoms with E-state index in [0.717, 1.165) is 38.5 Å². The summed E-state index contributed by atoms with van der Waals surface area (Å²) in [5.41, 5.74) is 0. The minimum atomic E-state index is -1.15. The fourth-order valence-electron chi connectivity index (χ4n) is 7.81. The molecule has 0 aliphatic rings. The molecule has 0 spiro atoms. The second-order valence-corrected chi connectivity index (χ2v) is 17.0. The molecule has 0 fully saturated rings. The number of nitrogens with one attached hydrogen (secondary N) is 1. The van der Waals surface area contributed by atoms with Gasteiger partial charge in [-0.25, -0.2) is 0 Å². The van der Waals surface area contributed by atoms with Crippen LogP contribution in [-0.4, -0.2) is 46.1 Å². The van der Waals surface area contributed by atoms with Crippen molar-refractivity contribution in [3.8, 4) is 0 Å². The van der Waals surface area contributed by atoms with Crippen LogP contribution in [0, 0.1) is 0 Å². The van der Waals surface area contributed by atoms with Crippen molar-refractivity contribution in [2.24, 2.45) is 0 Å². The molecule has 0 aliphatic heterocycles.